The Morgan fingerprint density at radius 1 is 1.20 bits per heavy atom. The van der Waals surface area contributed by atoms with Crippen molar-refractivity contribution in [3.63, 3.8) is 0 Å². The molecule has 0 aliphatic carbocycles. The lowest BCUT2D eigenvalue weighted by Crippen LogP contribution is -2.53. The van der Waals surface area contributed by atoms with E-state index >= 15 is 0 Å². The molecule has 0 atom stereocenters. The number of benzene rings is 1. The predicted molar refractivity (Wildman–Crippen MR) is 104 cm³/mol. The lowest BCUT2D eigenvalue weighted by Gasteiger charge is -2.43. The summed E-state index contributed by atoms with van der Waals surface area (Å²) >= 11 is 0. The van der Waals surface area contributed by atoms with Crippen LogP contribution in [0.5, 0.6) is 0 Å². The monoisotopic (exact) mass is 414 g/mol. The van der Waals surface area contributed by atoms with Crippen molar-refractivity contribution in [1.82, 2.24) is 25.4 Å². The van der Waals surface area contributed by atoms with Gasteiger partial charge in [0.2, 0.25) is 5.82 Å². The number of ether oxygens (including phenoxy) is 2. The van der Waals surface area contributed by atoms with Crippen LogP contribution in [0.2, 0.25) is 0 Å². The Kier molecular flexibility index (Phi) is 5.05. The van der Waals surface area contributed by atoms with Crippen LogP contribution in [0, 0.1) is 5.92 Å². The van der Waals surface area contributed by atoms with Crippen molar-refractivity contribution in [2.45, 2.75) is 6.92 Å². The second-order valence-corrected chi connectivity index (χ2v) is 7.45. The van der Waals surface area contributed by atoms with Crippen LogP contribution in [0.4, 0.5) is 5.69 Å². The molecule has 2 aliphatic heterocycles. The first kappa shape index (κ1) is 18.9. The Balaban J connectivity index is 1.35. The van der Waals surface area contributed by atoms with Crippen LogP contribution in [0.3, 0.4) is 0 Å². The fourth-order valence-corrected chi connectivity index (χ4v) is 3.89. The van der Waals surface area contributed by atoms with Gasteiger partial charge in [0.1, 0.15) is 5.52 Å². The summed E-state index contributed by atoms with van der Waals surface area (Å²) in [6.07, 6.45) is 0. The Bertz CT molecular complexity index is 1040. The zero-order chi connectivity index (χ0) is 20.5. The fraction of sp³-hybridized carbons (Fsp3) is 0.526. The fourth-order valence-electron chi connectivity index (χ4n) is 3.89. The summed E-state index contributed by atoms with van der Waals surface area (Å²) in [6, 6.07) is 3.69. The van der Waals surface area contributed by atoms with E-state index in [-0.39, 0.29) is 18.3 Å². The van der Waals surface area contributed by atoms with E-state index in [4.69, 9.17) is 18.6 Å². The van der Waals surface area contributed by atoms with E-state index in [9.17, 15) is 4.79 Å². The van der Waals surface area contributed by atoms with Crippen molar-refractivity contribution in [3.05, 3.63) is 18.0 Å². The largest absolute Gasteiger partial charge is 0.459 e. The molecular formula is C19H22N6O5. The predicted octanol–water partition coefficient (Wildman–Crippen LogP) is 1.22. The van der Waals surface area contributed by atoms with Crippen molar-refractivity contribution in [2.75, 3.05) is 57.4 Å². The van der Waals surface area contributed by atoms with Gasteiger partial charge < -0.3 is 18.9 Å². The molecule has 11 nitrogen and oxygen atoms in total. The molecule has 2 aliphatic rings. The third-order valence-corrected chi connectivity index (χ3v) is 5.39. The van der Waals surface area contributed by atoms with E-state index in [0.29, 0.717) is 22.5 Å². The van der Waals surface area contributed by atoms with Gasteiger partial charge in [0.15, 0.2) is 5.52 Å². The Labute approximate surface area is 171 Å². The molecule has 3 aromatic rings. The quantitative estimate of drug-likeness (QED) is 0.541. The van der Waals surface area contributed by atoms with Gasteiger partial charge in [0, 0.05) is 44.2 Å². The van der Waals surface area contributed by atoms with E-state index < -0.39 is 5.97 Å². The standard InChI is InChI=1S/C19H22N6O5/c1-2-28-19(26)18-20-17(23-29-18)13-7-14-16(22-30-21-14)15(8-13)25-10-12(11-25)9-24-3-5-27-6-4-24/h7-8,12H,2-6,9-11H2,1H3. The van der Waals surface area contributed by atoms with Gasteiger partial charge in [-0.05, 0) is 29.4 Å². The molecule has 1 aromatic carbocycles. The first-order valence-electron chi connectivity index (χ1n) is 10.0. The second kappa shape index (κ2) is 8.00. The minimum absolute atomic E-state index is 0.179. The van der Waals surface area contributed by atoms with Crippen LogP contribution in [-0.4, -0.2) is 83.9 Å². The summed E-state index contributed by atoms with van der Waals surface area (Å²) in [6.45, 7) is 8.45. The Morgan fingerprint density at radius 3 is 2.83 bits per heavy atom. The van der Waals surface area contributed by atoms with Gasteiger partial charge in [-0.1, -0.05) is 5.16 Å². The van der Waals surface area contributed by atoms with E-state index in [2.05, 4.69) is 30.3 Å². The zero-order valence-corrected chi connectivity index (χ0v) is 16.6. The highest BCUT2D eigenvalue weighted by Gasteiger charge is 2.31. The number of rotatable bonds is 6. The van der Waals surface area contributed by atoms with Crippen molar-refractivity contribution in [1.29, 1.82) is 0 Å². The van der Waals surface area contributed by atoms with Crippen molar-refractivity contribution in [2.24, 2.45) is 5.92 Å². The van der Waals surface area contributed by atoms with Crippen LogP contribution in [0.25, 0.3) is 22.4 Å². The second-order valence-electron chi connectivity index (χ2n) is 7.45. The van der Waals surface area contributed by atoms with Crippen LogP contribution in [-0.2, 0) is 9.47 Å². The number of esters is 1. The van der Waals surface area contributed by atoms with Crippen LogP contribution in [0.1, 0.15) is 17.6 Å². The maximum Gasteiger partial charge on any atom is 0.397 e. The number of carbonyl (C=O) groups excluding carboxylic acids is 1. The van der Waals surface area contributed by atoms with Crippen LogP contribution >= 0.6 is 0 Å². The van der Waals surface area contributed by atoms with E-state index in [1.54, 1.807) is 13.0 Å². The average Bonchev–Trinajstić information content (AvgIpc) is 3.40. The summed E-state index contributed by atoms with van der Waals surface area (Å²) in [5, 5.41) is 12.0. The van der Waals surface area contributed by atoms with Crippen LogP contribution < -0.4 is 4.90 Å². The van der Waals surface area contributed by atoms with E-state index in [1.807, 2.05) is 6.07 Å². The number of nitrogens with zero attached hydrogens (tertiary/aromatic N) is 6. The molecule has 158 valence electrons. The highest BCUT2D eigenvalue weighted by atomic mass is 16.6. The van der Waals surface area contributed by atoms with Crippen molar-refractivity contribution < 1.29 is 23.4 Å². The smallest absolute Gasteiger partial charge is 0.397 e. The summed E-state index contributed by atoms with van der Waals surface area (Å²) in [4.78, 5) is 20.7. The van der Waals surface area contributed by atoms with Crippen molar-refractivity contribution >= 4 is 22.7 Å². The lowest BCUT2D eigenvalue weighted by molar-refractivity contribution is 0.0286. The third-order valence-electron chi connectivity index (χ3n) is 5.39. The van der Waals surface area contributed by atoms with Crippen molar-refractivity contribution in [3.8, 4) is 11.4 Å². The minimum atomic E-state index is -0.644. The molecular weight excluding hydrogens is 392 g/mol. The zero-order valence-electron chi connectivity index (χ0n) is 16.6. The molecule has 5 rings (SSSR count). The van der Waals surface area contributed by atoms with Gasteiger partial charge >= 0.3 is 11.9 Å². The first-order valence-corrected chi connectivity index (χ1v) is 10.0. The molecule has 0 spiro atoms. The van der Waals surface area contributed by atoms with E-state index in [1.165, 1.54) is 0 Å². The summed E-state index contributed by atoms with van der Waals surface area (Å²) in [5.41, 5.74) is 2.87. The third kappa shape index (κ3) is 3.61. The van der Waals surface area contributed by atoms with Gasteiger partial charge in [-0.25, -0.2) is 9.42 Å². The summed E-state index contributed by atoms with van der Waals surface area (Å²) < 4.78 is 20.3. The molecule has 2 aromatic heterocycles. The summed E-state index contributed by atoms with van der Waals surface area (Å²) in [5.74, 6) is 0.0486. The SMILES string of the molecule is CCOC(=O)c1nc(-c2cc(N3CC(CN4CCOCC4)C3)c3nonc3c2)no1. The molecule has 11 heteroatoms. The number of carbonyl (C=O) groups is 1. The van der Waals surface area contributed by atoms with Crippen LogP contribution in [0.15, 0.2) is 21.3 Å². The van der Waals surface area contributed by atoms with E-state index in [0.717, 1.165) is 51.6 Å². The Morgan fingerprint density at radius 2 is 2.03 bits per heavy atom. The molecule has 2 saturated heterocycles. The molecule has 4 heterocycles. The highest BCUT2D eigenvalue weighted by Crippen LogP contribution is 2.34. The molecule has 0 saturated carbocycles. The maximum absolute atomic E-state index is 11.8. The molecule has 2 fully saturated rings. The van der Waals surface area contributed by atoms with Gasteiger partial charge in [-0.3, -0.25) is 4.90 Å². The number of anilines is 1. The first-order chi connectivity index (χ1) is 14.7. The molecule has 0 unspecified atom stereocenters. The number of morpholine rings is 1. The molecule has 30 heavy (non-hydrogen) atoms. The molecule has 0 N–H and O–H groups in total. The average molecular weight is 414 g/mol. The number of hydrogen-bond acceptors (Lipinski definition) is 11. The number of fused-ring (bicyclic) bond motifs is 1. The molecule has 0 amide bonds. The van der Waals surface area contributed by atoms with Gasteiger partial charge in [-0.15, -0.1) is 0 Å². The maximum atomic E-state index is 11.8. The minimum Gasteiger partial charge on any atom is -0.459 e. The Hall–Kier alpha value is -3.05. The number of aromatic nitrogens is 4. The molecule has 0 radical (unpaired) electrons. The van der Waals surface area contributed by atoms with Gasteiger partial charge in [-0.2, -0.15) is 4.98 Å². The normalized spacial score (nSPS) is 18.0. The topological polar surface area (TPSA) is 120 Å². The summed E-state index contributed by atoms with van der Waals surface area (Å²) in [7, 11) is 0. The van der Waals surface area contributed by atoms with Gasteiger partial charge in [0.25, 0.3) is 0 Å². The molecule has 0 bridgehead atoms. The van der Waals surface area contributed by atoms with Gasteiger partial charge in [0.05, 0.1) is 25.5 Å². The number of hydrogen-bond donors (Lipinski definition) is 0. The lowest BCUT2D eigenvalue weighted by atomic mass is 9.97. The highest BCUT2D eigenvalue weighted by molar-refractivity contribution is 5.92.